The van der Waals surface area contributed by atoms with Crippen LogP contribution in [0.1, 0.15) is 34.1 Å². The molecule has 0 radical (unpaired) electrons. The van der Waals surface area contributed by atoms with Gasteiger partial charge in [-0.05, 0) is 6.42 Å². The van der Waals surface area contributed by atoms with Crippen molar-refractivity contribution < 1.29 is 14.4 Å². The number of hydrogen-bond acceptors (Lipinski definition) is 3. The van der Waals surface area contributed by atoms with E-state index in [0.29, 0.717) is 23.8 Å². The number of rotatable bonds is 6. The molecule has 2 rings (SSSR count). The van der Waals surface area contributed by atoms with Crippen LogP contribution in [0.25, 0.3) is 0 Å². The molecule has 110 valence electrons. The Bertz CT molecular complexity index is 713. The minimum Gasteiger partial charge on any atom is -0.298 e. The highest BCUT2D eigenvalue weighted by atomic mass is 16.1. The van der Waals surface area contributed by atoms with Gasteiger partial charge in [-0.2, -0.15) is 0 Å². The summed E-state index contributed by atoms with van der Waals surface area (Å²) >= 11 is 0. The van der Waals surface area contributed by atoms with Crippen molar-refractivity contribution in [1.82, 2.24) is 0 Å². The maximum absolute atomic E-state index is 12.5. The summed E-state index contributed by atoms with van der Waals surface area (Å²) in [5, 5.41) is 0. The van der Waals surface area contributed by atoms with Crippen molar-refractivity contribution in [2.24, 2.45) is 0 Å². The summed E-state index contributed by atoms with van der Waals surface area (Å²) in [6, 6.07) is 17.2. The predicted octanol–water partition coefficient (Wildman–Crippen LogP) is 3.66. The molecule has 0 atom stereocenters. The van der Waals surface area contributed by atoms with Gasteiger partial charge in [-0.25, -0.2) is 0 Å². The van der Waals surface area contributed by atoms with Crippen molar-refractivity contribution in [2.45, 2.75) is 13.3 Å². The van der Waals surface area contributed by atoms with Gasteiger partial charge in [0, 0.05) is 16.7 Å². The third-order valence-corrected chi connectivity index (χ3v) is 3.39. The molecule has 0 aliphatic carbocycles. The van der Waals surface area contributed by atoms with Crippen LogP contribution in [0, 0.1) is 0 Å². The molecule has 0 aliphatic heterocycles. The van der Waals surface area contributed by atoms with Crippen molar-refractivity contribution >= 4 is 17.9 Å². The molecule has 0 unspecified atom stereocenters. The summed E-state index contributed by atoms with van der Waals surface area (Å²) in [5.74, 6) is -0.703. The Hall–Kier alpha value is -2.81. The third kappa shape index (κ3) is 3.26. The summed E-state index contributed by atoms with van der Waals surface area (Å²) < 4.78 is 0. The SMILES string of the molecule is CCC(C(=O)c1ccccc1)=C(C=O)C(=O)c1ccccc1. The number of allylic oxidation sites excluding steroid dienone is 2. The smallest absolute Gasteiger partial charge is 0.196 e. The normalized spacial score (nSPS) is 11.5. The van der Waals surface area contributed by atoms with Crippen LogP contribution in [0.15, 0.2) is 71.8 Å². The van der Waals surface area contributed by atoms with Gasteiger partial charge in [-0.3, -0.25) is 14.4 Å². The zero-order valence-corrected chi connectivity index (χ0v) is 12.3. The van der Waals surface area contributed by atoms with E-state index in [1.54, 1.807) is 61.5 Å². The first-order chi connectivity index (χ1) is 10.7. The van der Waals surface area contributed by atoms with E-state index in [-0.39, 0.29) is 16.9 Å². The second-order valence-corrected chi connectivity index (χ2v) is 4.75. The first kappa shape index (κ1) is 15.6. The van der Waals surface area contributed by atoms with Crippen LogP contribution in [0.3, 0.4) is 0 Å². The lowest BCUT2D eigenvalue weighted by Crippen LogP contribution is -2.13. The molecular weight excluding hydrogens is 276 g/mol. The average Bonchev–Trinajstić information content (AvgIpc) is 2.60. The van der Waals surface area contributed by atoms with Gasteiger partial charge in [0.05, 0.1) is 5.57 Å². The fourth-order valence-electron chi connectivity index (χ4n) is 2.24. The van der Waals surface area contributed by atoms with E-state index < -0.39 is 5.78 Å². The quantitative estimate of drug-likeness (QED) is 0.268. The maximum Gasteiger partial charge on any atom is 0.196 e. The Morgan fingerprint density at radius 1 is 0.818 bits per heavy atom. The number of ketones is 2. The van der Waals surface area contributed by atoms with E-state index >= 15 is 0 Å². The second kappa shape index (κ2) is 7.27. The van der Waals surface area contributed by atoms with Crippen LogP contribution >= 0.6 is 0 Å². The molecule has 0 saturated heterocycles. The van der Waals surface area contributed by atoms with Crippen LogP contribution < -0.4 is 0 Å². The molecule has 0 fully saturated rings. The standard InChI is InChI=1S/C19H16O3/c1-2-16(18(21)14-9-5-3-6-10-14)17(13-20)19(22)15-11-7-4-8-12-15/h3-13H,2H2,1H3. The molecule has 0 saturated carbocycles. The molecule has 0 amide bonds. The van der Waals surface area contributed by atoms with E-state index in [0.717, 1.165) is 0 Å². The van der Waals surface area contributed by atoms with Crippen LogP contribution in [0.5, 0.6) is 0 Å². The van der Waals surface area contributed by atoms with Crippen molar-refractivity contribution in [3.8, 4) is 0 Å². The molecule has 0 aliphatic rings. The van der Waals surface area contributed by atoms with Gasteiger partial charge in [0.15, 0.2) is 17.9 Å². The lowest BCUT2D eigenvalue weighted by molar-refractivity contribution is -0.104. The van der Waals surface area contributed by atoms with Crippen molar-refractivity contribution in [3.05, 3.63) is 82.9 Å². The Balaban J connectivity index is 2.48. The topological polar surface area (TPSA) is 51.2 Å². The minimum atomic E-state index is -0.420. The molecule has 0 N–H and O–H groups in total. The molecule has 0 bridgehead atoms. The highest BCUT2D eigenvalue weighted by Gasteiger charge is 2.21. The molecule has 2 aromatic rings. The largest absolute Gasteiger partial charge is 0.298 e. The van der Waals surface area contributed by atoms with E-state index in [2.05, 4.69) is 0 Å². The Kier molecular flexibility index (Phi) is 5.15. The van der Waals surface area contributed by atoms with Gasteiger partial charge in [0.1, 0.15) is 0 Å². The second-order valence-electron chi connectivity index (χ2n) is 4.75. The number of benzene rings is 2. The number of aldehydes is 1. The fourth-order valence-corrected chi connectivity index (χ4v) is 2.24. The lowest BCUT2D eigenvalue weighted by Gasteiger charge is -2.08. The van der Waals surface area contributed by atoms with Crippen LogP contribution in [0.4, 0.5) is 0 Å². The minimum absolute atomic E-state index is 0.0671. The summed E-state index contributed by atoms with van der Waals surface area (Å²) in [6.07, 6.45) is 0.801. The van der Waals surface area contributed by atoms with Gasteiger partial charge < -0.3 is 0 Å². The van der Waals surface area contributed by atoms with Gasteiger partial charge in [0.2, 0.25) is 0 Å². The maximum atomic E-state index is 12.5. The highest BCUT2D eigenvalue weighted by Crippen LogP contribution is 2.18. The molecular formula is C19H16O3. The number of Topliss-reactive ketones (excluding diaryl/α,β-unsaturated/α-hetero) is 2. The molecule has 3 nitrogen and oxygen atoms in total. The zero-order valence-electron chi connectivity index (χ0n) is 12.3. The number of carbonyl (C=O) groups excluding carboxylic acids is 3. The Morgan fingerprint density at radius 2 is 1.27 bits per heavy atom. The van der Waals surface area contributed by atoms with Gasteiger partial charge in [-0.1, -0.05) is 67.6 Å². The number of carbonyl (C=O) groups is 3. The summed E-state index contributed by atoms with van der Waals surface area (Å²) in [5.41, 5.74) is 1.05. The van der Waals surface area contributed by atoms with Crippen LogP contribution in [-0.2, 0) is 4.79 Å². The molecule has 3 heteroatoms. The van der Waals surface area contributed by atoms with Crippen molar-refractivity contribution in [3.63, 3.8) is 0 Å². The first-order valence-electron chi connectivity index (χ1n) is 7.06. The predicted molar refractivity (Wildman–Crippen MR) is 84.9 cm³/mol. The zero-order chi connectivity index (χ0) is 15.9. The summed E-state index contributed by atoms with van der Waals surface area (Å²) in [6.45, 7) is 1.76. The monoisotopic (exact) mass is 292 g/mol. The fraction of sp³-hybridized carbons (Fsp3) is 0.105. The van der Waals surface area contributed by atoms with E-state index in [1.807, 2.05) is 6.07 Å². The summed E-state index contributed by atoms with van der Waals surface area (Å²) in [7, 11) is 0. The lowest BCUT2D eigenvalue weighted by atomic mass is 9.92. The van der Waals surface area contributed by atoms with Crippen molar-refractivity contribution in [2.75, 3.05) is 0 Å². The summed E-state index contributed by atoms with van der Waals surface area (Å²) in [4.78, 5) is 36.4. The molecule has 0 heterocycles. The van der Waals surface area contributed by atoms with E-state index in [9.17, 15) is 14.4 Å². The highest BCUT2D eigenvalue weighted by molar-refractivity contribution is 6.26. The van der Waals surface area contributed by atoms with Crippen molar-refractivity contribution in [1.29, 1.82) is 0 Å². The van der Waals surface area contributed by atoms with Crippen LogP contribution in [-0.4, -0.2) is 17.9 Å². The average molecular weight is 292 g/mol. The van der Waals surface area contributed by atoms with Gasteiger partial charge in [0.25, 0.3) is 0 Å². The van der Waals surface area contributed by atoms with Crippen LogP contribution in [0.2, 0.25) is 0 Å². The molecule has 0 spiro atoms. The first-order valence-corrected chi connectivity index (χ1v) is 7.06. The number of hydrogen-bond donors (Lipinski definition) is 0. The molecule has 0 aromatic heterocycles. The van der Waals surface area contributed by atoms with E-state index in [4.69, 9.17) is 0 Å². The third-order valence-electron chi connectivity index (χ3n) is 3.39. The van der Waals surface area contributed by atoms with Gasteiger partial charge in [-0.15, -0.1) is 0 Å². The van der Waals surface area contributed by atoms with Gasteiger partial charge >= 0.3 is 0 Å². The van der Waals surface area contributed by atoms with E-state index in [1.165, 1.54) is 0 Å². The Labute approximate surface area is 129 Å². The molecule has 2 aromatic carbocycles. The Morgan fingerprint density at radius 3 is 1.68 bits per heavy atom. The molecule has 22 heavy (non-hydrogen) atoms.